The molecule has 0 aromatic heterocycles. The van der Waals surface area contributed by atoms with E-state index in [1.165, 1.54) is 19.3 Å². The molecule has 0 saturated heterocycles. The highest BCUT2D eigenvalue weighted by Gasteiger charge is 2.39. The average Bonchev–Trinajstić information content (AvgIpc) is 2.11. The van der Waals surface area contributed by atoms with Gasteiger partial charge in [-0.3, -0.25) is 0 Å². The molecule has 1 aliphatic rings. The van der Waals surface area contributed by atoms with E-state index < -0.39 is 4.33 Å². The third kappa shape index (κ3) is 3.29. The monoisotopic (exact) mass is 297 g/mol. The van der Waals surface area contributed by atoms with Gasteiger partial charge in [0.25, 0.3) is 0 Å². The third-order valence-electron chi connectivity index (χ3n) is 2.80. The Morgan fingerprint density at radius 2 is 1.71 bits per heavy atom. The number of rotatable bonds is 1. The maximum Gasteiger partial charge on any atom is 0.207 e. The van der Waals surface area contributed by atoms with Crippen molar-refractivity contribution in [3.8, 4) is 6.07 Å². The second-order valence-electron chi connectivity index (χ2n) is 3.85. The Balaban J connectivity index is 2.67. The molecule has 1 aliphatic carbocycles. The van der Waals surface area contributed by atoms with E-state index in [9.17, 15) is 0 Å². The molecule has 1 rings (SSSR count). The Hall–Kier alpha value is 0.550. The standard InChI is InChI=1S/C10H14BrCl2N/c11-9-6-4-2-1-3-5-8(9)10(12,13)7-14/h8-9H,1-6H2. The summed E-state index contributed by atoms with van der Waals surface area (Å²) in [7, 11) is 0. The fraction of sp³-hybridized carbons (Fsp3) is 0.900. The zero-order valence-electron chi connectivity index (χ0n) is 7.98. The van der Waals surface area contributed by atoms with Gasteiger partial charge in [-0.15, -0.1) is 0 Å². The van der Waals surface area contributed by atoms with Crippen molar-refractivity contribution in [1.29, 1.82) is 5.26 Å². The Morgan fingerprint density at radius 3 is 2.29 bits per heavy atom. The van der Waals surface area contributed by atoms with Gasteiger partial charge >= 0.3 is 0 Å². The van der Waals surface area contributed by atoms with Crippen LogP contribution in [0.2, 0.25) is 0 Å². The van der Waals surface area contributed by atoms with E-state index >= 15 is 0 Å². The van der Waals surface area contributed by atoms with Crippen molar-refractivity contribution in [2.75, 3.05) is 0 Å². The molecule has 2 unspecified atom stereocenters. The van der Waals surface area contributed by atoms with Crippen LogP contribution >= 0.6 is 39.1 Å². The first-order chi connectivity index (χ1) is 6.58. The van der Waals surface area contributed by atoms with Crippen molar-refractivity contribution in [3.05, 3.63) is 0 Å². The summed E-state index contributed by atoms with van der Waals surface area (Å²) in [6.07, 6.45) is 6.83. The second kappa shape index (κ2) is 5.58. The van der Waals surface area contributed by atoms with Crippen LogP contribution in [0.4, 0.5) is 0 Å². The van der Waals surface area contributed by atoms with E-state index in [1.807, 2.05) is 6.07 Å². The van der Waals surface area contributed by atoms with Gasteiger partial charge in [-0.25, -0.2) is 0 Å². The summed E-state index contributed by atoms with van der Waals surface area (Å²) in [5.41, 5.74) is 0. The van der Waals surface area contributed by atoms with E-state index in [4.69, 9.17) is 28.5 Å². The summed E-state index contributed by atoms with van der Waals surface area (Å²) in [6.45, 7) is 0. The van der Waals surface area contributed by atoms with Crippen molar-refractivity contribution in [2.24, 2.45) is 5.92 Å². The normalized spacial score (nSPS) is 30.1. The van der Waals surface area contributed by atoms with E-state index in [1.54, 1.807) is 0 Å². The van der Waals surface area contributed by atoms with Gasteiger partial charge in [-0.05, 0) is 12.8 Å². The summed E-state index contributed by atoms with van der Waals surface area (Å²) in [4.78, 5) is 0.275. The Morgan fingerprint density at radius 1 is 1.14 bits per heavy atom. The van der Waals surface area contributed by atoms with Gasteiger partial charge in [-0.2, -0.15) is 5.26 Å². The zero-order valence-corrected chi connectivity index (χ0v) is 11.1. The van der Waals surface area contributed by atoms with Crippen molar-refractivity contribution in [1.82, 2.24) is 0 Å². The van der Waals surface area contributed by atoms with Gasteiger partial charge in [0, 0.05) is 10.7 Å². The summed E-state index contributed by atoms with van der Waals surface area (Å²) in [5, 5.41) is 8.89. The fourth-order valence-electron chi connectivity index (χ4n) is 1.93. The molecule has 0 amide bonds. The highest BCUT2D eigenvalue weighted by Crippen LogP contribution is 2.41. The molecule has 0 heterocycles. The maximum absolute atomic E-state index is 8.89. The molecule has 0 spiro atoms. The highest BCUT2D eigenvalue weighted by atomic mass is 79.9. The topological polar surface area (TPSA) is 23.8 Å². The van der Waals surface area contributed by atoms with Crippen LogP contribution in [-0.2, 0) is 0 Å². The summed E-state index contributed by atoms with van der Waals surface area (Å²) >= 11 is 15.6. The van der Waals surface area contributed by atoms with Gasteiger partial charge in [-0.1, -0.05) is 64.8 Å². The first kappa shape index (κ1) is 12.6. The lowest BCUT2D eigenvalue weighted by atomic mass is 9.88. The van der Waals surface area contributed by atoms with Crippen molar-refractivity contribution >= 4 is 39.1 Å². The number of hydrogen-bond donors (Lipinski definition) is 0. The lowest BCUT2D eigenvalue weighted by molar-refractivity contribution is 0.387. The van der Waals surface area contributed by atoms with Crippen molar-refractivity contribution < 1.29 is 0 Å². The molecule has 1 fully saturated rings. The van der Waals surface area contributed by atoms with Crippen LogP contribution in [0.15, 0.2) is 0 Å². The summed E-state index contributed by atoms with van der Waals surface area (Å²) in [5.74, 6) is 0.0520. The first-order valence-electron chi connectivity index (χ1n) is 5.01. The minimum absolute atomic E-state index is 0.0520. The van der Waals surface area contributed by atoms with Crippen molar-refractivity contribution in [2.45, 2.75) is 47.7 Å². The average molecular weight is 299 g/mol. The molecular formula is C10H14BrCl2N. The third-order valence-corrected chi connectivity index (χ3v) is 4.62. The number of nitriles is 1. The molecule has 0 bridgehead atoms. The maximum atomic E-state index is 8.89. The van der Waals surface area contributed by atoms with Crippen LogP contribution in [0.3, 0.4) is 0 Å². The lowest BCUT2D eigenvalue weighted by Crippen LogP contribution is -2.32. The predicted molar refractivity (Wildman–Crippen MR) is 64.0 cm³/mol. The van der Waals surface area contributed by atoms with Gasteiger partial charge in [0.15, 0.2) is 0 Å². The largest absolute Gasteiger partial charge is 0.207 e. The molecular weight excluding hydrogens is 285 g/mol. The number of alkyl halides is 3. The van der Waals surface area contributed by atoms with Crippen LogP contribution in [0, 0.1) is 17.2 Å². The van der Waals surface area contributed by atoms with Gasteiger partial charge in [0.2, 0.25) is 4.33 Å². The number of halogens is 3. The first-order valence-corrected chi connectivity index (χ1v) is 6.68. The molecule has 0 aliphatic heterocycles. The molecule has 14 heavy (non-hydrogen) atoms. The van der Waals surface area contributed by atoms with Crippen LogP contribution < -0.4 is 0 Å². The van der Waals surface area contributed by atoms with Crippen molar-refractivity contribution in [3.63, 3.8) is 0 Å². The molecule has 1 nitrogen and oxygen atoms in total. The van der Waals surface area contributed by atoms with Gasteiger partial charge < -0.3 is 0 Å². The Labute approximate surface area is 104 Å². The zero-order chi connectivity index (χ0) is 10.6. The molecule has 0 radical (unpaired) electrons. The van der Waals surface area contributed by atoms with Crippen LogP contribution in [0.1, 0.15) is 38.5 Å². The number of nitrogens with zero attached hydrogens (tertiary/aromatic N) is 1. The van der Waals surface area contributed by atoms with Crippen LogP contribution in [0.25, 0.3) is 0 Å². The smallest absolute Gasteiger partial charge is 0.195 e. The van der Waals surface area contributed by atoms with E-state index in [-0.39, 0.29) is 10.7 Å². The molecule has 0 aromatic carbocycles. The van der Waals surface area contributed by atoms with Gasteiger partial charge in [0.1, 0.15) is 6.07 Å². The Kier molecular flexibility index (Phi) is 5.03. The molecule has 80 valence electrons. The SMILES string of the molecule is N#CC(Cl)(Cl)C1CCCCCCC1Br. The molecule has 2 atom stereocenters. The van der Waals surface area contributed by atoms with Crippen LogP contribution in [-0.4, -0.2) is 9.16 Å². The quantitative estimate of drug-likeness (QED) is 0.658. The summed E-state index contributed by atoms with van der Waals surface area (Å²) < 4.78 is -1.23. The predicted octanol–water partition coefficient (Wildman–Crippen LogP) is 4.42. The van der Waals surface area contributed by atoms with E-state index in [0.29, 0.717) is 0 Å². The molecule has 1 saturated carbocycles. The molecule has 0 aromatic rings. The number of hydrogen-bond acceptors (Lipinski definition) is 1. The fourth-order valence-corrected chi connectivity index (χ4v) is 3.74. The molecule has 4 heteroatoms. The minimum Gasteiger partial charge on any atom is -0.195 e. The highest BCUT2D eigenvalue weighted by molar-refractivity contribution is 9.09. The van der Waals surface area contributed by atoms with E-state index in [2.05, 4.69) is 15.9 Å². The second-order valence-corrected chi connectivity index (χ2v) is 6.41. The lowest BCUT2D eigenvalue weighted by Gasteiger charge is -2.30. The molecule has 0 N–H and O–H groups in total. The summed E-state index contributed by atoms with van der Waals surface area (Å²) in [6, 6.07) is 1.99. The van der Waals surface area contributed by atoms with Crippen LogP contribution in [0.5, 0.6) is 0 Å². The van der Waals surface area contributed by atoms with Gasteiger partial charge in [0.05, 0.1) is 0 Å². The Bertz CT molecular complexity index is 225. The van der Waals surface area contributed by atoms with E-state index in [0.717, 1.165) is 19.3 Å². The minimum atomic E-state index is -1.23.